The molecule has 0 radical (unpaired) electrons. The van der Waals surface area contributed by atoms with Crippen LogP contribution in [0.25, 0.3) is 11.4 Å². The van der Waals surface area contributed by atoms with Gasteiger partial charge in [0.05, 0.1) is 12.4 Å². The quantitative estimate of drug-likeness (QED) is 0.508. The first-order valence-corrected chi connectivity index (χ1v) is 10.0. The Morgan fingerprint density at radius 1 is 1.10 bits per heavy atom. The summed E-state index contributed by atoms with van der Waals surface area (Å²) in [5.74, 6) is 1.33. The van der Waals surface area contributed by atoms with Gasteiger partial charge >= 0.3 is 6.61 Å². The molecule has 0 spiro atoms. The van der Waals surface area contributed by atoms with Crippen molar-refractivity contribution in [2.24, 2.45) is 7.05 Å². The molecule has 0 unspecified atom stereocenters. The smallest absolute Gasteiger partial charge is 0.387 e. The molecule has 0 atom stereocenters. The molecule has 7 nitrogen and oxygen atoms in total. The van der Waals surface area contributed by atoms with E-state index >= 15 is 0 Å². The Labute approximate surface area is 176 Å². The molecule has 2 aromatic carbocycles. The topological polar surface area (TPSA) is 78.3 Å². The van der Waals surface area contributed by atoms with Crippen LogP contribution in [0, 0.1) is 0 Å². The van der Waals surface area contributed by atoms with Crippen molar-refractivity contribution in [3.63, 3.8) is 0 Å². The van der Waals surface area contributed by atoms with Gasteiger partial charge in [-0.25, -0.2) is 0 Å². The first kappa shape index (κ1) is 21.6. The number of nitrogens with one attached hydrogen (secondary N) is 1. The average Bonchev–Trinajstić information content (AvgIpc) is 3.09. The molecule has 0 saturated carbocycles. The number of benzene rings is 2. The summed E-state index contributed by atoms with van der Waals surface area (Å²) in [7, 11) is 1.77. The molecule has 0 aliphatic carbocycles. The van der Waals surface area contributed by atoms with Gasteiger partial charge in [-0.1, -0.05) is 11.8 Å². The average molecular weight is 434 g/mol. The lowest BCUT2D eigenvalue weighted by molar-refractivity contribution is -0.113. The number of amides is 1. The van der Waals surface area contributed by atoms with E-state index in [4.69, 9.17) is 4.74 Å². The molecule has 158 valence electrons. The molecule has 0 aliphatic rings. The molecule has 1 aromatic heterocycles. The summed E-state index contributed by atoms with van der Waals surface area (Å²) in [5.41, 5.74) is 1.37. The van der Waals surface area contributed by atoms with Crippen molar-refractivity contribution in [3.8, 4) is 22.9 Å². The maximum absolute atomic E-state index is 12.3. The second-order valence-corrected chi connectivity index (χ2v) is 7.00. The Morgan fingerprint density at radius 2 is 1.77 bits per heavy atom. The zero-order chi connectivity index (χ0) is 21.5. The van der Waals surface area contributed by atoms with Gasteiger partial charge in [-0.3, -0.25) is 4.79 Å². The third-order valence-electron chi connectivity index (χ3n) is 3.95. The molecule has 1 heterocycles. The monoisotopic (exact) mass is 434 g/mol. The zero-order valence-corrected chi connectivity index (χ0v) is 17.2. The van der Waals surface area contributed by atoms with E-state index in [1.807, 2.05) is 6.92 Å². The summed E-state index contributed by atoms with van der Waals surface area (Å²) in [5, 5.41) is 11.6. The molecule has 10 heteroatoms. The highest BCUT2D eigenvalue weighted by Crippen LogP contribution is 2.25. The van der Waals surface area contributed by atoms with E-state index < -0.39 is 6.61 Å². The van der Waals surface area contributed by atoms with Crippen molar-refractivity contribution in [2.45, 2.75) is 18.7 Å². The predicted molar refractivity (Wildman–Crippen MR) is 110 cm³/mol. The number of carbonyl (C=O) groups excluding carboxylic acids is 1. The van der Waals surface area contributed by atoms with Crippen molar-refractivity contribution < 1.29 is 23.0 Å². The first-order valence-electron chi connectivity index (χ1n) is 9.06. The van der Waals surface area contributed by atoms with E-state index in [1.54, 1.807) is 48.0 Å². The fourth-order valence-corrected chi connectivity index (χ4v) is 3.32. The number of ether oxygens (including phenoxy) is 2. The van der Waals surface area contributed by atoms with E-state index in [2.05, 4.69) is 20.3 Å². The standard InChI is InChI=1S/C20H20F2N4O3S/c1-3-28-15-10-6-14(7-11-15)23-17(27)12-30-20-25-24-18(26(20)2)13-4-8-16(9-5-13)29-19(21)22/h4-11,19H,3,12H2,1-2H3,(H,23,27). The number of nitrogens with zero attached hydrogens (tertiary/aromatic N) is 3. The molecule has 0 bridgehead atoms. The van der Waals surface area contributed by atoms with Gasteiger partial charge in [0.15, 0.2) is 11.0 Å². The molecule has 3 aromatic rings. The van der Waals surface area contributed by atoms with Crippen LogP contribution >= 0.6 is 11.8 Å². The molecule has 30 heavy (non-hydrogen) atoms. The molecule has 0 fully saturated rings. The summed E-state index contributed by atoms with van der Waals surface area (Å²) in [4.78, 5) is 12.2. The molecular formula is C20H20F2N4O3S. The normalized spacial score (nSPS) is 10.8. The van der Waals surface area contributed by atoms with E-state index in [-0.39, 0.29) is 17.4 Å². The molecule has 3 rings (SSSR count). The Bertz CT molecular complexity index is 979. The number of halogens is 2. The summed E-state index contributed by atoms with van der Waals surface area (Å²) in [6, 6.07) is 13.2. The summed E-state index contributed by atoms with van der Waals surface area (Å²) in [6.45, 7) is -0.389. The van der Waals surface area contributed by atoms with E-state index in [0.29, 0.717) is 28.8 Å². The van der Waals surface area contributed by atoms with Crippen LogP contribution in [-0.2, 0) is 11.8 Å². The maximum Gasteiger partial charge on any atom is 0.387 e. The zero-order valence-electron chi connectivity index (χ0n) is 16.3. The first-order chi connectivity index (χ1) is 14.5. The lowest BCUT2D eigenvalue weighted by Gasteiger charge is -2.08. The van der Waals surface area contributed by atoms with Gasteiger partial charge < -0.3 is 19.4 Å². The lowest BCUT2D eigenvalue weighted by atomic mass is 10.2. The molecule has 1 N–H and O–H groups in total. The number of anilines is 1. The SMILES string of the molecule is CCOc1ccc(NC(=O)CSc2nnc(-c3ccc(OC(F)F)cc3)n2C)cc1. The largest absolute Gasteiger partial charge is 0.494 e. The summed E-state index contributed by atoms with van der Waals surface area (Å²) in [6.07, 6.45) is 0. The number of hydrogen-bond acceptors (Lipinski definition) is 6. The highest BCUT2D eigenvalue weighted by atomic mass is 32.2. The van der Waals surface area contributed by atoms with Gasteiger partial charge in [0.2, 0.25) is 5.91 Å². The fourth-order valence-electron chi connectivity index (χ4n) is 2.61. The Hall–Kier alpha value is -3.14. The minimum atomic E-state index is -2.87. The third kappa shape index (κ3) is 5.69. The second kappa shape index (κ2) is 10.1. The van der Waals surface area contributed by atoms with Crippen LogP contribution in [0.5, 0.6) is 11.5 Å². The van der Waals surface area contributed by atoms with Crippen LogP contribution in [0.15, 0.2) is 53.7 Å². The highest BCUT2D eigenvalue weighted by molar-refractivity contribution is 7.99. The van der Waals surface area contributed by atoms with Crippen molar-refractivity contribution >= 4 is 23.4 Å². The van der Waals surface area contributed by atoms with Crippen molar-refractivity contribution in [1.82, 2.24) is 14.8 Å². The van der Waals surface area contributed by atoms with Gasteiger partial charge in [0.1, 0.15) is 11.5 Å². The lowest BCUT2D eigenvalue weighted by Crippen LogP contribution is -2.14. The molecular weight excluding hydrogens is 414 g/mol. The number of hydrogen-bond donors (Lipinski definition) is 1. The van der Waals surface area contributed by atoms with Crippen LogP contribution in [0.2, 0.25) is 0 Å². The maximum atomic E-state index is 12.3. The number of thioether (sulfide) groups is 1. The Morgan fingerprint density at radius 3 is 2.40 bits per heavy atom. The van der Waals surface area contributed by atoms with Crippen LogP contribution in [0.4, 0.5) is 14.5 Å². The second-order valence-electron chi connectivity index (χ2n) is 6.06. The van der Waals surface area contributed by atoms with Gasteiger partial charge in [-0.05, 0) is 55.5 Å². The minimum absolute atomic E-state index is 0.0662. The van der Waals surface area contributed by atoms with Gasteiger partial charge in [0.25, 0.3) is 0 Å². The van der Waals surface area contributed by atoms with Crippen LogP contribution in [-0.4, -0.2) is 39.6 Å². The molecule has 1 amide bonds. The van der Waals surface area contributed by atoms with Crippen molar-refractivity contribution in [3.05, 3.63) is 48.5 Å². The number of alkyl halides is 2. The summed E-state index contributed by atoms with van der Waals surface area (Å²) < 4.78 is 36.0. The third-order valence-corrected chi connectivity index (χ3v) is 4.97. The predicted octanol–water partition coefficient (Wildman–Crippen LogP) is 4.21. The van der Waals surface area contributed by atoms with Crippen LogP contribution < -0.4 is 14.8 Å². The molecule has 0 saturated heterocycles. The number of aromatic nitrogens is 3. The van der Waals surface area contributed by atoms with Crippen LogP contribution in [0.3, 0.4) is 0 Å². The van der Waals surface area contributed by atoms with E-state index in [0.717, 1.165) is 5.75 Å². The van der Waals surface area contributed by atoms with Crippen molar-refractivity contribution in [1.29, 1.82) is 0 Å². The van der Waals surface area contributed by atoms with Crippen LogP contribution in [0.1, 0.15) is 6.92 Å². The van der Waals surface area contributed by atoms with E-state index in [1.165, 1.54) is 23.9 Å². The van der Waals surface area contributed by atoms with E-state index in [9.17, 15) is 13.6 Å². The van der Waals surface area contributed by atoms with Gasteiger partial charge in [0, 0.05) is 18.3 Å². The minimum Gasteiger partial charge on any atom is -0.494 e. The number of carbonyl (C=O) groups is 1. The van der Waals surface area contributed by atoms with Gasteiger partial charge in [-0.15, -0.1) is 10.2 Å². The van der Waals surface area contributed by atoms with Gasteiger partial charge in [-0.2, -0.15) is 8.78 Å². The highest BCUT2D eigenvalue weighted by Gasteiger charge is 2.14. The number of rotatable bonds is 9. The Balaban J connectivity index is 1.57. The molecule has 0 aliphatic heterocycles. The van der Waals surface area contributed by atoms with Crippen molar-refractivity contribution in [2.75, 3.05) is 17.7 Å². The Kier molecular flexibility index (Phi) is 7.23. The summed E-state index contributed by atoms with van der Waals surface area (Å²) >= 11 is 1.24. The fraction of sp³-hybridized carbons (Fsp3) is 0.250.